The second-order valence-electron chi connectivity index (χ2n) is 7.14. The lowest BCUT2D eigenvalue weighted by Gasteiger charge is -2.23. The molecule has 1 fully saturated rings. The van der Waals surface area contributed by atoms with Crippen molar-refractivity contribution < 1.29 is 15.0 Å². The third-order valence-electron chi connectivity index (χ3n) is 5.27. The van der Waals surface area contributed by atoms with E-state index < -0.39 is 0 Å². The fourth-order valence-electron chi connectivity index (χ4n) is 3.74. The molecule has 3 rings (SSSR count). The van der Waals surface area contributed by atoms with E-state index in [0.29, 0.717) is 5.92 Å². The lowest BCUT2D eigenvalue weighted by atomic mass is 9.88. The van der Waals surface area contributed by atoms with Gasteiger partial charge in [0.2, 0.25) is 0 Å². The molecule has 3 nitrogen and oxygen atoms in total. The zero-order chi connectivity index (χ0) is 18.0. The summed E-state index contributed by atoms with van der Waals surface area (Å²) in [6, 6.07) is 19.2. The number of quaternary nitrogens is 2. The van der Waals surface area contributed by atoms with Gasteiger partial charge in [0.05, 0.1) is 32.8 Å². The maximum Gasteiger partial charge on any atom is 0.101 e. The van der Waals surface area contributed by atoms with Crippen molar-refractivity contribution >= 4 is 11.6 Å². The largest absolute Gasteiger partial charge is 0.370 e. The second kappa shape index (κ2) is 10.7. The average Bonchev–Trinajstić information content (AvgIpc) is 2.70. The molecule has 0 bridgehead atoms. The van der Waals surface area contributed by atoms with Crippen molar-refractivity contribution in [2.75, 3.05) is 45.9 Å². The van der Waals surface area contributed by atoms with Crippen LogP contribution in [0.2, 0.25) is 5.02 Å². The fourth-order valence-corrected chi connectivity index (χ4v) is 3.87. The Kier molecular flexibility index (Phi) is 7.96. The number of nitrogens with one attached hydrogen (secondary N) is 1. The highest BCUT2D eigenvalue weighted by Gasteiger charge is 2.16. The van der Waals surface area contributed by atoms with E-state index >= 15 is 0 Å². The van der Waals surface area contributed by atoms with Gasteiger partial charge in [0, 0.05) is 23.8 Å². The van der Waals surface area contributed by atoms with Crippen LogP contribution in [0.3, 0.4) is 0 Å². The van der Waals surface area contributed by atoms with Crippen molar-refractivity contribution in [1.82, 2.24) is 0 Å². The number of hydrogen-bond donors (Lipinski definition) is 2. The number of nitrogens with two attached hydrogens (primary N) is 1. The third kappa shape index (κ3) is 6.10. The van der Waals surface area contributed by atoms with Crippen molar-refractivity contribution in [3.8, 4) is 0 Å². The Balaban J connectivity index is 1.46. The summed E-state index contributed by atoms with van der Waals surface area (Å²) < 4.78 is 5.43. The second-order valence-corrected chi connectivity index (χ2v) is 7.57. The molecule has 2 aromatic rings. The molecule has 1 aliphatic rings. The molecular weight excluding hydrogens is 344 g/mol. The van der Waals surface area contributed by atoms with Crippen LogP contribution in [0.4, 0.5) is 0 Å². The summed E-state index contributed by atoms with van der Waals surface area (Å²) in [6.07, 6.45) is 2.43. The first-order chi connectivity index (χ1) is 12.8. The first kappa shape index (κ1) is 19.4. The number of rotatable bonds is 9. The highest BCUT2D eigenvalue weighted by atomic mass is 35.5. The van der Waals surface area contributed by atoms with Crippen molar-refractivity contribution in [2.45, 2.75) is 18.8 Å². The van der Waals surface area contributed by atoms with Gasteiger partial charge in [-0.3, -0.25) is 0 Å². The summed E-state index contributed by atoms with van der Waals surface area (Å²) in [5.41, 5.74) is 2.74. The van der Waals surface area contributed by atoms with Gasteiger partial charge in [-0.15, -0.1) is 0 Å². The van der Waals surface area contributed by atoms with E-state index in [2.05, 4.69) is 47.8 Å². The van der Waals surface area contributed by atoms with E-state index in [9.17, 15) is 0 Å². The van der Waals surface area contributed by atoms with Crippen LogP contribution >= 0.6 is 11.6 Å². The Morgan fingerprint density at radius 3 is 2.35 bits per heavy atom. The summed E-state index contributed by atoms with van der Waals surface area (Å²) in [6.45, 7) is 7.85. The van der Waals surface area contributed by atoms with Crippen LogP contribution in [-0.2, 0) is 4.74 Å². The number of hydrogen-bond acceptors (Lipinski definition) is 1. The number of halogens is 1. The minimum atomic E-state index is 0.439. The van der Waals surface area contributed by atoms with E-state index in [1.54, 1.807) is 4.90 Å². The number of benzene rings is 2. The topological polar surface area (TPSA) is 30.3 Å². The van der Waals surface area contributed by atoms with Crippen LogP contribution in [0.1, 0.15) is 29.9 Å². The Labute approximate surface area is 162 Å². The molecule has 1 atom stereocenters. The highest BCUT2D eigenvalue weighted by molar-refractivity contribution is 6.30. The lowest BCUT2D eigenvalue weighted by Crippen LogP contribution is -3.14. The fraction of sp³-hybridized carbons (Fsp3) is 0.455. The molecule has 0 saturated carbocycles. The number of morpholine rings is 1. The zero-order valence-electron chi connectivity index (χ0n) is 15.5. The third-order valence-corrected chi connectivity index (χ3v) is 5.52. The van der Waals surface area contributed by atoms with E-state index in [-0.39, 0.29) is 0 Å². The quantitative estimate of drug-likeness (QED) is 0.643. The average molecular weight is 375 g/mol. The summed E-state index contributed by atoms with van der Waals surface area (Å²) in [7, 11) is 0. The molecule has 0 spiro atoms. The monoisotopic (exact) mass is 374 g/mol. The molecule has 1 aliphatic heterocycles. The van der Waals surface area contributed by atoms with Crippen molar-refractivity contribution in [2.24, 2.45) is 0 Å². The minimum absolute atomic E-state index is 0.439. The smallest absolute Gasteiger partial charge is 0.101 e. The molecule has 0 unspecified atom stereocenters. The Morgan fingerprint density at radius 1 is 0.923 bits per heavy atom. The molecule has 4 heteroatoms. The Bertz CT molecular complexity index is 626. The van der Waals surface area contributed by atoms with Gasteiger partial charge in [0.25, 0.3) is 0 Å². The predicted octanol–water partition coefficient (Wildman–Crippen LogP) is 1.73. The lowest BCUT2D eigenvalue weighted by molar-refractivity contribution is -0.909. The molecular formula is C22H31ClN2O+2. The van der Waals surface area contributed by atoms with Crippen LogP contribution in [0.25, 0.3) is 0 Å². The SMILES string of the molecule is Clc1ccc([C@@H](CC[NH2+]CCC[NH+]2CCOCC2)c2ccccc2)cc1. The minimum Gasteiger partial charge on any atom is -0.370 e. The maximum absolute atomic E-state index is 6.07. The molecule has 140 valence electrons. The first-order valence-electron chi connectivity index (χ1n) is 9.86. The molecule has 0 aromatic heterocycles. The molecule has 0 amide bonds. The van der Waals surface area contributed by atoms with Gasteiger partial charge in [0.1, 0.15) is 13.1 Å². The van der Waals surface area contributed by atoms with Gasteiger partial charge in [-0.1, -0.05) is 54.1 Å². The summed E-state index contributed by atoms with van der Waals surface area (Å²) in [4.78, 5) is 1.70. The molecule has 0 radical (unpaired) electrons. The highest BCUT2D eigenvalue weighted by Crippen LogP contribution is 2.28. The molecule has 1 saturated heterocycles. The Hall–Kier alpha value is -1.39. The van der Waals surface area contributed by atoms with Crippen molar-refractivity contribution in [1.29, 1.82) is 0 Å². The predicted molar refractivity (Wildman–Crippen MR) is 107 cm³/mol. The van der Waals surface area contributed by atoms with Crippen molar-refractivity contribution in [3.63, 3.8) is 0 Å². The maximum atomic E-state index is 6.07. The summed E-state index contributed by atoms with van der Waals surface area (Å²) >= 11 is 6.07. The van der Waals surface area contributed by atoms with Crippen LogP contribution in [0.5, 0.6) is 0 Å². The number of ether oxygens (including phenoxy) is 1. The molecule has 3 N–H and O–H groups in total. The van der Waals surface area contributed by atoms with Gasteiger partial charge in [-0.2, -0.15) is 0 Å². The van der Waals surface area contributed by atoms with E-state index in [1.807, 2.05) is 12.1 Å². The summed E-state index contributed by atoms with van der Waals surface area (Å²) in [5.74, 6) is 0.439. The molecule has 0 aliphatic carbocycles. The normalized spacial score (nSPS) is 16.5. The molecule has 2 aromatic carbocycles. The van der Waals surface area contributed by atoms with Crippen molar-refractivity contribution in [3.05, 3.63) is 70.7 Å². The van der Waals surface area contributed by atoms with E-state index in [4.69, 9.17) is 16.3 Å². The van der Waals surface area contributed by atoms with Gasteiger partial charge >= 0.3 is 0 Å². The van der Waals surface area contributed by atoms with Crippen LogP contribution in [0.15, 0.2) is 54.6 Å². The van der Waals surface area contributed by atoms with E-state index in [0.717, 1.165) is 31.2 Å². The molecule has 26 heavy (non-hydrogen) atoms. The standard InChI is InChI=1S/C22H29ClN2O/c23-21-9-7-20(8-10-21)22(19-5-2-1-3-6-19)11-13-24-12-4-14-25-15-17-26-18-16-25/h1-3,5-10,22,24H,4,11-18H2/p+2/t22-/m0/s1. The first-order valence-corrected chi connectivity index (χ1v) is 10.2. The van der Waals surface area contributed by atoms with Crippen LogP contribution in [0, 0.1) is 0 Å². The summed E-state index contributed by atoms with van der Waals surface area (Å²) in [5, 5.41) is 3.28. The Morgan fingerprint density at radius 2 is 1.62 bits per heavy atom. The van der Waals surface area contributed by atoms with Crippen LogP contribution in [-0.4, -0.2) is 45.9 Å². The van der Waals surface area contributed by atoms with Gasteiger partial charge in [-0.05, 0) is 23.3 Å². The van der Waals surface area contributed by atoms with Gasteiger partial charge in [-0.25, -0.2) is 0 Å². The van der Waals surface area contributed by atoms with E-state index in [1.165, 1.54) is 43.7 Å². The molecule has 1 heterocycles. The zero-order valence-corrected chi connectivity index (χ0v) is 16.3. The van der Waals surface area contributed by atoms with Gasteiger partial charge < -0.3 is 15.0 Å². The van der Waals surface area contributed by atoms with Crippen LogP contribution < -0.4 is 10.2 Å². The van der Waals surface area contributed by atoms with Gasteiger partial charge in [0.15, 0.2) is 0 Å².